The van der Waals surface area contributed by atoms with Crippen molar-refractivity contribution in [3.63, 3.8) is 0 Å². The molecular formula is C10H18N2O5. The Hall–Kier alpha value is -1.18. The maximum atomic E-state index is 11.2. The largest absolute Gasteiger partial charge is 0.464 e. The number of hydrazine groups is 1. The molecule has 0 aromatic heterocycles. The van der Waals surface area contributed by atoms with Gasteiger partial charge in [-0.15, -0.1) is 0 Å². The molecule has 0 saturated carbocycles. The zero-order valence-corrected chi connectivity index (χ0v) is 10.2. The van der Waals surface area contributed by atoms with Gasteiger partial charge in [0, 0.05) is 6.42 Å². The van der Waals surface area contributed by atoms with E-state index < -0.39 is 17.4 Å². The highest BCUT2D eigenvalue weighted by atomic mass is 16.7. The molecule has 7 heteroatoms. The number of hydrogen-bond donors (Lipinski definition) is 2. The fraction of sp³-hybridized carbons (Fsp3) is 0.800. The number of ketones is 1. The number of carboxylic acid groups (broad SMARTS) is 1. The summed E-state index contributed by atoms with van der Waals surface area (Å²) in [5.41, 5.74) is -1.15. The Balaban J connectivity index is 2.89. The predicted octanol–water partition coefficient (Wildman–Crippen LogP) is 0.341. The van der Waals surface area contributed by atoms with Gasteiger partial charge in [-0.2, -0.15) is 0 Å². The normalized spacial score (nSPS) is 21.9. The van der Waals surface area contributed by atoms with E-state index in [2.05, 4.69) is 0 Å². The van der Waals surface area contributed by atoms with Gasteiger partial charge < -0.3 is 14.6 Å². The topological polar surface area (TPSA) is 102 Å². The van der Waals surface area contributed by atoms with Crippen molar-refractivity contribution in [2.75, 3.05) is 13.2 Å². The summed E-state index contributed by atoms with van der Waals surface area (Å²) in [6.07, 6.45) is -1.36. The van der Waals surface area contributed by atoms with Crippen LogP contribution in [0.1, 0.15) is 27.2 Å². The lowest BCUT2D eigenvalue weighted by Gasteiger charge is -2.46. The molecule has 1 rings (SSSR count). The van der Waals surface area contributed by atoms with Crippen LogP contribution >= 0.6 is 0 Å². The second kappa shape index (κ2) is 4.59. The Morgan fingerprint density at radius 3 is 2.18 bits per heavy atom. The predicted molar refractivity (Wildman–Crippen MR) is 58.1 cm³/mol. The lowest BCUT2D eigenvalue weighted by atomic mass is 9.93. The van der Waals surface area contributed by atoms with E-state index in [1.54, 1.807) is 13.8 Å². The first kappa shape index (κ1) is 13.9. The molecule has 0 radical (unpaired) electrons. The van der Waals surface area contributed by atoms with Crippen LogP contribution in [0.2, 0.25) is 0 Å². The van der Waals surface area contributed by atoms with Crippen LogP contribution in [-0.2, 0) is 14.3 Å². The molecule has 1 aliphatic heterocycles. The summed E-state index contributed by atoms with van der Waals surface area (Å²) in [6, 6.07) is 0. The van der Waals surface area contributed by atoms with Crippen molar-refractivity contribution in [3.05, 3.63) is 0 Å². The van der Waals surface area contributed by atoms with E-state index in [9.17, 15) is 9.59 Å². The second-order valence-corrected chi connectivity index (χ2v) is 4.73. The highest BCUT2D eigenvalue weighted by Crippen LogP contribution is 2.29. The Bertz CT molecular complexity index is 319. The summed E-state index contributed by atoms with van der Waals surface area (Å²) in [4.78, 5) is 22.1. The molecule has 0 unspecified atom stereocenters. The first-order valence-electron chi connectivity index (χ1n) is 5.24. The summed E-state index contributed by atoms with van der Waals surface area (Å²) in [5, 5.41) is 9.52. The van der Waals surface area contributed by atoms with E-state index in [0.717, 1.165) is 0 Å². The Morgan fingerprint density at radius 1 is 1.35 bits per heavy atom. The van der Waals surface area contributed by atoms with Crippen LogP contribution in [0.15, 0.2) is 0 Å². The van der Waals surface area contributed by atoms with E-state index in [1.807, 2.05) is 0 Å². The molecule has 0 spiro atoms. The molecule has 1 saturated heterocycles. The van der Waals surface area contributed by atoms with Crippen LogP contribution < -0.4 is 5.84 Å². The molecule has 3 N–H and O–H groups in total. The van der Waals surface area contributed by atoms with Crippen molar-refractivity contribution in [1.82, 2.24) is 5.01 Å². The molecule has 0 aromatic carbocycles. The van der Waals surface area contributed by atoms with Crippen LogP contribution in [0.4, 0.5) is 4.79 Å². The highest BCUT2D eigenvalue weighted by molar-refractivity contribution is 5.78. The second-order valence-electron chi connectivity index (χ2n) is 4.73. The summed E-state index contributed by atoms with van der Waals surface area (Å²) in [6.45, 7) is 4.86. The molecular weight excluding hydrogens is 228 g/mol. The lowest BCUT2D eigenvalue weighted by Crippen LogP contribution is -2.65. The summed E-state index contributed by atoms with van der Waals surface area (Å²) >= 11 is 0. The first-order chi connectivity index (χ1) is 7.68. The third-order valence-electron chi connectivity index (χ3n) is 2.67. The van der Waals surface area contributed by atoms with Gasteiger partial charge in [-0.1, -0.05) is 0 Å². The van der Waals surface area contributed by atoms with Gasteiger partial charge in [-0.3, -0.25) is 4.79 Å². The minimum atomic E-state index is -1.32. The summed E-state index contributed by atoms with van der Waals surface area (Å²) in [7, 11) is 0. The number of amides is 1. The van der Waals surface area contributed by atoms with E-state index in [1.165, 1.54) is 6.92 Å². The van der Waals surface area contributed by atoms with Crippen molar-refractivity contribution in [2.24, 2.45) is 5.84 Å². The highest BCUT2D eigenvalue weighted by Gasteiger charge is 2.46. The van der Waals surface area contributed by atoms with Crippen molar-refractivity contribution >= 4 is 11.9 Å². The molecule has 1 fully saturated rings. The zero-order valence-electron chi connectivity index (χ0n) is 10.2. The van der Waals surface area contributed by atoms with Gasteiger partial charge in [0.05, 0.1) is 13.2 Å². The monoisotopic (exact) mass is 246 g/mol. The quantitative estimate of drug-likeness (QED) is 0.423. The minimum absolute atomic E-state index is 0.0301. The number of Topliss-reactive ketones (excluding diaryl/α,β-unsaturated/α-hetero) is 1. The Labute approximate surface area is 99.4 Å². The molecule has 0 atom stereocenters. The third kappa shape index (κ3) is 3.15. The fourth-order valence-corrected chi connectivity index (χ4v) is 1.69. The average Bonchev–Trinajstić information content (AvgIpc) is 2.20. The molecule has 98 valence electrons. The van der Waals surface area contributed by atoms with E-state index in [0.29, 0.717) is 5.01 Å². The van der Waals surface area contributed by atoms with Crippen molar-refractivity contribution in [2.45, 2.75) is 38.5 Å². The Kier molecular flexibility index (Phi) is 3.75. The van der Waals surface area contributed by atoms with Gasteiger partial charge >= 0.3 is 6.09 Å². The van der Waals surface area contributed by atoms with Gasteiger partial charge in [0.1, 0.15) is 11.3 Å². The van der Waals surface area contributed by atoms with Crippen LogP contribution in [0.3, 0.4) is 0 Å². The molecule has 1 aliphatic rings. The van der Waals surface area contributed by atoms with Gasteiger partial charge in [0.25, 0.3) is 0 Å². The molecule has 0 aromatic rings. The molecule has 7 nitrogen and oxygen atoms in total. The number of rotatable bonds is 3. The number of ether oxygens (including phenoxy) is 2. The number of nitrogens with two attached hydrogens (primary N) is 1. The number of hydrogen-bond acceptors (Lipinski definition) is 5. The maximum absolute atomic E-state index is 11.2. The van der Waals surface area contributed by atoms with E-state index in [4.69, 9.17) is 20.4 Å². The van der Waals surface area contributed by atoms with Crippen LogP contribution in [0, 0.1) is 0 Å². The van der Waals surface area contributed by atoms with Crippen molar-refractivity contribution in [3.8, 4) is 0 Å². The van der Waals surface area contributed by atoms with Crippen LogP contribution in [0.5, 0.6) is 0 Å². The minimum Gasteiger partial charge on any atom is -0.464 e. The maximum Gasteiger partial charge on any atom is 0.422 e. The van der Waals surface area contributed by atoms with E-state index in [-0.39, 0.29) is 25.4 Å². The standard InChI is InChI=1S/C10H18N2O5/c1-7(13)4-10(12(11)8(14)15)5-16-9(2,3)17-6-10/h4-6,11H2,1-3H3,(H,14,15). The van der Waals surface area contributed by atoms with Gasteiger partial charge in [-0.05, 0) is 20.8 Å². The number of nitrogens with zero attached hydrogens (tertiary/aromatic N) is 1. The molecule has 0 bridgehead atoms. The van der Waals surface area contributed by atoms with E-state index >= 15 is 0 Å². The third-order valence-corrected chi connectivity index (χ3v) is 2.67. The lowest BCUT2D eigenvalue weighted by molar-refractivity contribution is -0.284. The number of carbonyl (C=O) groups is 2. The SMILES string of the molecule is CC(=O)CC1(N(N)C(=O)O)COC(C)(C)OC1. The van der Waals surface area contributed by atoms with Crippen molar-refractivity contribution < 1.29 is 24.2 Å². The van der Waals surface area contributed by atoms with Gasteiger partial charge in [0.15, 0.2) is 5.79 Å². The number of carbonyl (C=O) groups excluding carboxylic acids is 1. The van der Waals surface area contributed by atoms with Crippen LogP contribution in [-0.4, -0.2) is 46.5 Å². The zero-order chi connectivity index (χ0) is 13.3. The molecule has 17 heavy (non-hydrogen) atoms. The molecule has 1 amide bonds. The molecule has 0 aliphatic carbocycles. The smallest absolute Gasteiger partial charge is 0.422 e. The summed E-state index contributed by atoms with van der Waals surface area (Å²) in [5.74, 6) is 4.52. The Morgan fingerprint density at radius 2 is 1.82 bits per heavy atom. The van der Waals surface area contributed by atoms with Gasteiger partial charge in [-0.25, -0.2) is 15.6 Å². The average molecular weight is 246 g/mol. The van der Waals surface area contributed by atoms with Crippen LogP contribution in [0.25, 0.3) is 0 Å². The first-order valence-corrected chi connectivity index (χ1v) is 5.24. The fourth-order valence-electron chi connectivity index (χ4n) is 1.69. The summed E-state index contributed by atoms with van der Waals surface area (Å²) < 4.78 is 10.8. The van der Waals surface area contributed by atoms with Crippen molar-refractivity contribution in [1.29, 1.82) is 0 Å². The molecule has 1 heterocycles. The van der Waals surface area contributed by atoms with Gasteiger partial charge in [0.2, 0.25) is 0 Å².